The molecule has 0 spiro atoms. The first-order chi connectivity index (χ1) is 6.08. The Balaban J connectivity index is 3.71. The van der Waals surface area contributed by atoms with Gasteiger partial charge in [0.1, 0.15) is 0 Å². The summed E-state index contributed by atoms with van der Waals surface area (Å²) in [5.41, 5.74) is -0.637. The highest BCUT2D eigenvalue weighted by Gasteiger charge is 2.23. The smallest absolute Gasteiger partial charge is 0.0875 e. The van der Waals surface area contributed by atoms with Crippen molar-refractivity contribution in [2.45, 2.75) is 45.3 Å². The third-order valence-electron chi connectivity index (χ3n) is 2.44. The van der Waals surface area contributed by atoms with E-state index in [9.17, 15) is 5.11 Å². The average molecular weight is 189 g/mol. The molecule has 3 heteroatoms. The molecule has 0 aromatic rings. The van der Waals surface area contributed by atoms with Gasteiger partial charge in [0.05, 0.1) is 18.3 Å². The molecule has 0 amide bonds. The lowest BCUT2D eigenvalue weighted by Crippen LogP contribution is -2.36. The van der Waals surface area contributed by atoms with Gasteiger partial charge in [-0.2, -0.15) is 0 Å². The van der Waals surface area contributed by atoms with E-state index in [0.29, 0.717) is 6.61 Å². The van der Waals surface area contributed by atoms with Crippen LogP contribution in [0.5, 0.6) is 0 Å². The standard InChI is InChI=1S/C10H23NO2/c1-5-10(12,6-2)8-13-9(3)7-11-4/h9,11-12H,5-8H2,1-4H3. The zero-order valence-electron chi connectivity index (χ0n) is 9.26. The summed E-state index contributed by atoms with van der Waals surface area (Å²) in [5, 5.41) is 12.9. The van der Waals surface area contributed by atoms with Gasteiger partial charge in [0.15, 0.2) is 0 Å². The van der Waals surface area contributed by atoms with Crippen molar-refractivity contribution in [3.05, 3.63) is 0 Å². The summed E-state index contributed by atoms with van der Waals surface area (Å²) in [7, 11) is 1.89. The monoisotopic (exact) mass is 189 g/mol. The van der Waals surface area contributed by atoms with Crippen LogP contribution in [0.1, 0.15) is 33.6 Å². The summed E-state index contributed by atoms with van der Waals surface area (Å²) in [6, 6.07) is 0. The Hall–Kier alpha value is -0.120. The van der Waals surface area contributed by atoms with E-state index in [-0.39, 0.29) is 6.10 Å². The zero-order valence-corrected chi connectivity index (χ0v) is 9.26. The molecule has 1 atom stereocenters. The topological polar surface area (TPSA) is 41.5 Å². The average Bonchev–Trinajstić information content (AvgIpc) is 2.15. The van der Waals surface area contributed by atoms with Crippen molar-refractivity contribution in [3.63, 3.8) is 0 Å². The van der Waals surface area contributed by atoms with E-state index >= 15 is 0 Å². The third-order valence-corrected chi connectivity index (χ3v) is 2.44. The van der Waals surface area contributed by atoms with Gasteiger partial charge in [0.25, 0.3) is 0 Å². The molecular weight excluding hydrogens is 166 g/mol. The molecule has 0 saturated heterocycles. The predicted molar refractivity (Wildman–Crippen MR) is 54.9 cm³/mol. The van der Waals surface area contributed by atoms with Crippen LogP contribution in [0.4, 0.5) is 0 Å². The van der Waals surface area contributed by atoms with Gasteiger partial charge in [0, 0.05) is 6.54 Å². The molecule has 2 N–H and O–H groups in total. The van der Waals surface area contributed by atoms with Gasteiger partial charge in [0.2, 0.25) is 0 Å². The maximum absolute atomic E-state index is 9.90. The van der Waals surface area contributed by atoms with Gasteiger partial charge in [-0.3, -0.25) is 0 Å². The Bertz CT molecular complexity index is 124. The maximum Gasteiger partial charge on any atom is 0.0875 e. The molecule has 0 radical (unpaired) electrons. The van der Waals surface area contributed by atoms with Crippen molar-refractivity contribution >= 4 is 0 Å². The molecule has 0 aromatic carbocycles. The van der Waals surface area contributed by atoms with Gasteiger partial charge >= 0.3 is 0 Å². The molecule has 0 rings (SSSR count). The van der Waals surface area contributed by atoms with Crippen molar-refractivity contribution in [1.82, 2.24) is 5.32 Å². The first-order valence-corrected chi connectivity index (χ1v) is 5.06. The van der Waals surface area contributed by atoms with Crippen LogP contribution in [0, 0.1) is 0 Å². The molecule has 80 valence electrons. The SMILES string of the molecule is CCC(O)(CC)COC(C)CNC. The van der Waals surface area contributed by atoms with E-state index in [1.807, 2.05) is 27.8 Å². The number of hydrogen-bond donors (Lipinski definition) is 2. The van der Waals surface area contributed by atoms with Crippen molar-refractivity contribution in [2.24, 2.45) is 0 Å². The number of likely N-dealkylation sites (N-methyl/N-ethyl adjacent to an activating group) is 1. The fourth-order valence-electron chi connectivity index (χ4n) is 1.10. The summed E-state index contributed by atoms with van der Waals surface area (Å²) in [6.07, 6.45) is 1.65. The Morgan fingerprint density at radius 2 is 1.92 bits per heavy atom. The molecule has 3 nitrogen and oxygen atoms in total. The van der Waals surface area contributed by atoms with E-state index in [1.165, 1.54) is 0 Å². The van der Waals surface area contributed by atoms with Gasteiger partial charge < -0.3 is 15.2 Å². The largest absolute Gasteiger partial charge is 0.388 e. The molecule has 0 bridgehead atoms. The lowest BCUT2D eigenvalue weighted by atomic mass is 9.99. The maximum atomic E-state index is 9.90. The van der Waals surface area contributed by atoms with Crippen LogP contribution in [0.3, 0.4) is 0 Å². The van der Waals surface area contributed by atoms with Crippen molar-refractivity contribution < 1.29 is 9.84 Å². The van der Waals surface area contributed by atoms with Gasteiger partial charge in [-0.25, -0.2) is 0 Å². The highest BCUT2D eigenvalue weighted by Crippen LogP contribution is 2.15. The molecule has 13 heavy (non-hydrogen) atoms. The van der Waals surface area contributed by atoms with Crippen LogP contribution >= 0.6 is 0 Å². The summed E-state index contributed by atoms with van der Waals surface area (Å²) in [5.74, 6) is 0. The van der Waals surface area contributed by atoms with Crippen molar-refractivity contribution in [2.75, 3.05) is 20.2 Å². The Morgan fingerprint density at radius 1 is 1.38 bits per heavy atom. The highest BCUT2D eigenvalue weighted by atomic mass is 16.5. The summed E-state index contributed by atoms with van der Waals surface area (Å²) >= 11 is 0. The fraction of sp³-hybridized carbons (Fsp3) is 1.00. The minimum absolute atomic E-state index is 0.162. The van der Waals surface area contributed by atoms with Gasteiger partial charge in [-0.1, -0.05) is 13.8 Å². The van der Waals surface area contributed by atoms with E-state index in [0.717, 1.165) is 19.4 Å². The quantitative estimate of drug-likeness (QED) is 0.631. The van der Waals surface area contributed by atoms with Crippen molar-refractivity contribution in [3.8, 4) is 0 Å². The second-order valence-electron chi connectivity index (χ2n) is 3.61. The van der Waals surface area contributed by atoms with E-state index in [2.05, 4.69) is 5.32 Å². The van der Waals surface area contributed by atoms with Crippen LogP contribution in [0.2, 0.25) is 0 Å². The summed E-state index contributed by atoms with van der Waals surface area (Å²) in [4.78, 5) is 0. The number of aliphatic hydroxyl groups is 1. The molecular formula is C10H23NO2. The lowest BCUT2D eigenvalue weighted by molar-refractivity contribution is -0.0716. The van der Waals surface area contributed by atoms with E-state index in [4.69, 9.17) is 4.74 Å². The van der Waals surface area contributed by atoms with Crippen LogP contribution in [-0.2, 0) is 4.74 Å². The highest BCUT2D eigenvalue weighted by molar-refractivity contribution is 4.74. The molecule has 0 heterocycles. The molecule has 0 aliphatic rings. The molecule has 0 aromatic heterocycles. The molecule has 0 fully saturated rings. The molecule has 0 aliphatic carbocycles. The molecule has 0 aliphatic heterocycles. The van der Waals surface area contributed by atoms with Gasteiger partial charge in [-0.15, -0.1) is 0 Å². The van der Waals surface area contributed by atoms with Crippen molar-refractivity contribution in [1.29, 1.82) is 0 Å². The normalized spacial score (nSPS) is 14.5. The van der Waals surface area contributed by atoms with E-state index in [1.54, 1.807) is 0 Å². The number of nitrogens with one attached hydrogen (secondary N) is 1. The fourth-order valence-corrected chi connectivity index (χ4v) is 1.10. The number of ether oxygens (including phenoxy) is 1. The van der Waals surface area contributed by atoms with E-state index < -0.39 is 5.60 Å². The lowest BCUT2D eigenvalue weighted by Gasteiger charge is -2.26. The van der Waals surface area contributed by atoms with Gasteiger partial charge in [-0.05, 0) is 26.8 Å². The number of rotatable bonds is 7. The van der Waals surface area contributed by atoms with Crippen LogP contribution < -0.4 is 5.32 Å². The first-order valence-electron chi connectivity index (χ1n) is 5.06. The minimum Gasteiger partial charge on any atom is -0.388 e. The predicted octanol–water partition coefficient (Wildman–Crippen LogP) is 1.16. The van der Waals surface area contributed by atoms with Crippen LogP contribution in [0.25, 0.3) is 0 Å². The molecule has 0 saturated carbocycles. The molecule has 1 unspecified atom stereocenters. The van der Waals surface area contributed by atoms with Crippen LogP contribution in [-0.4, -0.2) is 37.0 Å². The Kier molecular flexibility index (Phi) is 6.29. The second-order valence-corrected chi connectivity index (χ2v) is 3.61. The first kappa shape index (κ1) is 12.9. The summed E-state index contributed by atoms with van der Waals surface area (Å²) in [6.45, 7) is 7.22. The zero-order chi connectivity index (χ0) is 10.3. The third kappa shape index (κ3) is 5.24. The van der Waals surface area contributed by atoms with Crippen LogP contribution in [0.15, 0.2) is 0 Å². The Labute approximate surface area is 81.5 Å². The second kappa shape index (κ2) is 6.35. The minimum atomic E-state index is -0.637. The Morgan fingerprint density at radius 3 is 2.31 bits per heavy atom. The number of hydrogen-bond acceptors (Lipinski definition) is 3. The summed E-state index contributed by atoms with van der Waals surface area (Å²) < 4.78 is 5.52.